The molecule has 7 heteroatoms. The summed E-state index contributed by atoms with van der Waals surface area (Å²) in [4.78, 5) is 12.8. The minimum absolute atomic E-state index is 0.0711. The van der Waals surface area contributed by atoms with Crippen LogP contribution < -0.4 is 5.32 Å². The molecule has 4 rings (SSSR count). The van der Waals surface area contributed by atoms with Crippen LogP contribution in [0.4, 0.5) is 0 Å². The van der Waals surface area contributed by atoms with Gasteiger partial charge in [-0.3, -0.25) is 4.40 Å². The van der Waals surface area contributed by atoms with Gasteiger partial charge in [-0.15, -0.1) is 11.3 Å². The molecule has 1 N–H and O–H groups in total. The molecule has 0 aliphatic carbocycles. The Morgan fingerprint density at radius 1 is 1.41 bits per heavy atom. The number of benzene rings is 1. The van der Waals surface area contributed by atoms with Crippen LogP contribution in [0.25, 0.3) is 4.96 Å². The number of aromatic nitrogens is 2. The Labute approximate surface area is 163 Å². The van der Waals surface area contributed by atoms with Gasteiger partial charge in [0, 0.05) is 30.9 Å². The van der Waals surface area contributed by atoms with Crippen molar-refractivity contribution in [2.24, 2.45) is 4.99 Å². The van der Waals surface area contributed by atoms with Gasteiger partial charge in [0.05, 0.1) is 25.4 Å². The summed E-state index contributed by atoms with van der Waals surface area (Å²) >= 11 is 1.64. The molecule has 0 bridgehead atoms. The maximum Gasteiger partial charge on any atom is 0.194 e. The van der Waals surface area contributed by atoms with Crippen molar-refractivity contribution in [3.8, 4) is 0 Å². The van der Waals surface area contributed by atoms with Gasteiger partial charge in [0.15, 0.2) is 10.9 Å². The van der Waals surface area contributed by atoms with Gasteiger partial charge in [-0.05, 0) is 25.0 Å². The van der Waals surface area contributed by atoms with Gasteiger partial charge >= 0.3 is 0 Å². The maximum atomic E-state index is 6.06. The van der Waals surface area contributed by atoms with E-state index in [1.54, 1.807) is 11.3 Å². The molecule has 0 saturated carbocycles. The Balaban J connectivity index is 1.50. The normalized spacial score (nSPS) is 18.2. The van der Waals surface area contributed by atoms with E-state index in [9.17, 15) is 0 Å². The minimum atomic E-state index is 0.0711. The molecule has 1 fully saturated rings. The van der Waals surface area contributed by atoms with Crippen molar-refractivity contribution in [1.82, 2.24) is 19.6 Å². The lowest BCUT2D eigenvalue weighted by molar-refractivity contribution is -0.00834. The maximum absolute atomic E-state index is 6.06. The summed E-state index contributed by atoms with van der Waals surface area (Å²) in [5.74, 6) is 0.927. The number of hydrogen-bond acceptors (Lipinski definition) is 4. The Morgan fingerprint density at radius 3 is 3.11 bits per heavy atom. The van der Waals surface area contributed by atoms with Crippen LogP contribution in [-0.2, 0) is 11.3 Å². The lowest BCUT2D eigenvalue weighted by Crippen LogP contribution is -2.48. The summed E-state index contributed by atoms with van der Waals surface area (Å²) in [6, 6.07) is 8.45. The first kappa shape index (κ1) is 18.0. The molecule has 1 aromatic carbocycles. The highest BCUT2D eigenvalue weighted by Gasteiger charge is 2.25. The fraction of sp³-hybridized carbons (Fsp3) is 0.400. The smallest absolute Gasteiger partial charge is 0.194 e. The molecule has 1 aliphatic rings. The number of rotatable bonds is 4. The van der Waals surface area contributed by atoms with E-state index in [1.165, 1.54) is 11.1 Å². The van der Waals surface area contributed by atoms with E-state index >= 15 is 0 Å². The average molecular weight is 384 g/mol. The zero-order chi connectivity index (χ0) is 18.6. The third-order valence-electron chi connectivity index (χ3n) is 4.77. The second-order valence-electron chi connectivity index (χ2n) is 6.66. The number of guanidine groups is 1. The number of hydrogen-bond donors (Lipinski definition) is 1. The van der Waals surface area contributed by atoms with Gasteiger partial charge in [-0.1, -0.05) is 24.3 Å². The molecule has 3 heterocycles. The number of thiazole rings is 1. The number of nitrogens with zero attached hydrogens (tertiary/aromatic N) is 4. The van der Waals surface area contributed by atoms with Gasteiger partial charge in [0.1, 0.15) is 6.10 Å². The Kier molecular flexibility index (Phi) is 5.40. The lowest BCUT2D eigenvalue weighted by Gasteiger charge is -2.35. The van der Waals surface area contributed by atoms with Crippen LogP contribution >= 0.6 is 11.3 Å². The van der Waals surface area contributed by atoms with Gasteiger partial charge in [-0.2, -0.15) is 0 Å². The topological polar surface area (TPSA) is 54.2 Å². The zero-order valence-electron chi connectivity index (χ0n) is 15.8. The highest BCUT2D eigenvalue weighted by molar-refractivity contribution is 7.15. The zero-order valence-corrected chi connectivity index (χ0v) is 16.6. The predicted molar refractivity (Wildman–Crippen MR) is 109 cm³/mol. The standard InChI is InChI=1S/C20H25N5OS/c1-3-21-19(22-12-16-13-25-9-11-27-20(25)23-16)24-8-10-26-18(14-24)17-7-5-4-6-15(17)2/h4-7,9,11,13,18H,3,8,10,12,14H2,1-2H3,(H,21,22). The number of ether oxygens (including phenoxy) is 1. The quantitative estimate of drug-likeness (QED) is 0.555. The molecule has 0 radical (unpaired) electrons. The summed E-state index contributed by atoms with van der Waals surface area (Å²) in [5.41, 5.74) is 3.51. The van der Waals surface area contributed by atoms with Crippen molar-refractivity contribution in [3.63, 3.8) is 0 Å². The fourth-order valence-corrected chi connectivity index (χ4v) is 4.13. The number of aliphatic imine (C=N–C) groups is 1. The molecule has 1 saturated heterocycles. The fourth-order valence-electron chi connectivity index (χ4n) is 3.41. The first-order chi connectivity index (χ1) is 13.2. The Morgan fingerprint density at radius 2 is 2.30 bits per heavy atom. The van der Waals surface area contributed by atoms with E-state index in [-0.39, 0.29) is 6.10 Å². The Hall–Kier alpha value is -2.38. The van der Waals surface area contributed by atoms with E-state index < -0.39 is 0 Å². The van der Waals surface area contributed by atoms with Crippen molar-refractivity contribution >= 4 is 22.3 Å². The second-order valence-corrected chi connectivity index (χ2v) is 7.53. The van der Waals surface area contributed by atoms with Gasteiger partial charge in [0.25, 0.3) is 0 Å². The summed E-state index contributed by atoms with van der Waals surface area (Å²) in [6.45, 7) is 7.99. The molecule has 1 unspecified atom stereocenters. The Bertz CT molecular complexity index is 903. The number of nitrogens with one attached hydrogen (secondary N) is 1. The summed E-state index contributed by atoms with van der Waals surface area (Å²) in [6.07, 6.45) is 4.15. The van der Waals surface area contributed by atoms with E-state index in [2.05, 4.69) is 53.3 Å². The number of morpholine rings is 1. The highest BCUT2D eigenvalue weighted by atomic mass is 32.1. The third kappa shape index (κ3) is 3.99. The van der Waals surface area contributed by atoms with Crippen LogP contribution in [0.3, 0.4) is 0 Å². The van der Waals surface area contributed by atoms with Crippen molar-refractivity contribution in [2.45, 2.75) is 26.5 Å². The van der Waals surface area contributed by atoms with Gasteiger partial charge in [0.2, 0.25) is 0 Å². The van der Waals surface area contributed by atoms with E-state index in [1.807, 2.05) is 22.2 Å². The SMILES string of the molecule is CCNC(=NCc1cn2ccsc2n1)N1CCOC(c2ccccc2C)C1. The van der Waals surface area contributed by atoms with Crippen LogP contribution in [-0.4, -0.2) is 46.5 Å². The van der Waals surface area contributed by atoms with Crippen molar-refractivity contribution in [1.29, 1.82) is 0 Å². The molecular formula is C20H25N5OS. The molecule has 0 amide bonds. The first-order valence-corrected chi connectivity index (χ1v) is 10.2. The number of aryl methyl sites for hydroxylation is 1. The van der Waals surface area contributed by atoms with Crippen LogP contribution in [0.2, 0.25) is 0 Å². The van der Waals surface area contributed by atoms with E-state index in [0.717, 1.165) is 36.2 Å². The summed E-state index contributed by atoms with van der Waals surface area (Å²) < 4.78 is 8.10. The summed E-state index contributed by atoms with van der Waals surface area (Å²) in [5, 5.41) is 5.47. The van der Waals surface area contributed by atoms with Crippen molar-refractivity contribution in [2.75, 3.05) is 26.2 Å². The first-order valence-electron chi connectivity index (χ1n) is 9.36. The predicted octanol–water partition coefficient (Wildman–Crippen LogP) is 3.24. The van der Waals surface area contributed by atoms with E-state index in [4.69, 9.17) is 9.73 Å². The van der Waals surface area contributed by atoms with Crippen LogP contribution in [0.1, 0.15) is 29.8 Å². The second kappa shape index (κ2) is 8.10. The van der Waals surface area contributed by atoms with Crippen LogP contribution in [0, 0.1) is 6.92 Å². The molecule has 1 aliphatic heterocycles. The molecule has 2 aromatic heterocycles. The van der Waals surface area contributed by atoms with Crippen LogP contribution in [0.15, 0.2) is 47.0 Å². The molecule has 27 heavy (non-hydrogen) atoms. The highest BCUT2D eigenvalue weighted by Crippen LogP contribution is 2.25. The van der Waals surface area contributed by atoms with Gasteiger partial charge < -0.3 is 15.0 Å². The van der Waals surface area contributed by atoms with Crippen molar-refractivity contribution < 1.29 is 4.74 Å². The molecule has 3 aromatic rings. The number of fused-ring (bicyclic) bond motifs is 1. The molecule has 1 atom stereocenters. The molecule has 0 spiro atoms. The molecule has 142 valence electrons. The summed E-state index contributed by atoms with van der Waals surface area (Å²) in [7, 11) is 0. The minimum Gasteiger partial charge on any atom is -0.370 e. The average Bonchev–Trinajstić information content (AvgIpc) is 3.27. The molecule has 6 nitrogen and oxygen atoms in total. The number of imidazole rings is 1. The van der Waals surface area contributed by atoms with Crippen molar-refractivity contribution in [3.05, 3.63) is 58.9 Å². The van der Waals surface area contributed by atoms with E-state index in [0.29, 0.717) is 13.2 Å². The monoisotopic (exact) mass is 383 g/mol. The lowest BCUT2D eigenvalue weighted by atomic mass is 10.0. The largest absolute Gasteiger partial charge is 0.370 e. The third-order valence-corrected chi connectivity index (χ3v) is 5.54. The van der Waals surface area contributed by atoms with Gasteiger partial charge in [-0.25, -0.2) is 9.98 Å². The molecular weight excluding hydrogens is 358 g/mol. The van der Waals surface area contributed by atoms with Crippen LogP contribution in [0.5, 0.6) is 0 Å².